The van der Waals surface area contributed by atoms with Gasteiger partial charge in [0.25, 0.3) is 0 Å². The summed E-state index contributed by atoms with van der Waals surface area (Å²) >= 11 is 14.4. The largest absolute Gasteiger partial charge is 0.352 e. The highest BCUT2D eigenvalue weighted by Crippen LogP contribution is 2.28. The van der Waals surface area contributed by atoms with Gasteiger partial charge in [0.1, 0.15) is 6.04 Å². The van der Waals surface area contributed by atoms with E-state index in [1.165, 1.54) is 17.5 Å². The van der Waals surface area contributed by atoms with E-state index in [1.54, 1.807) is 34.9 Å². The number of benzene rings is 2. The normalized spacial score (nSPS) is 15.1. The summed E-state index contributed by atoms with van der Waals surface area (Å²) in [5.41, 5.74) is 3.05. The smallest absolute Gasteiger partial charge is 0.243 e. The summed E-state index contributed by atoms with van der Waals surface area (Å²) in [4.78, 5) is 28.4. The van der Waals surface area contributed by atoms with E-state index in [1.807, 2.05) is 13.0 Å². The quantitative estimate of drug-likeness (QED) is 0.375. The number of hydrogen-bond donors (Lipinski definition) is 1. The van der Waals surface area contributed by atoms with Crippen LogP contribution in [0.2, 0.25) is 10.0 Å². The third-order valence-corrected chi connectivity index (χ3v) is 8.00. The molecule has 4 nitrogen and oxygen atoms in total. The first-order valence-corrected chi connectivity index (χ1v) is 14.0. The molecule has 0 saturated heterocycles. The average molecular weight is 522 g/mol. The van der Waals surface area contributed by atoms with Crippen LogP contribution in [0.15, 0.2) is 42.5 Å². The molecule has 0 heterocycles. The SMILES string of the molecule is CCC(C(=O)NC1CCCCC1)N(Cc1c(Cl)cccc1Cl)C(=O)CSCc1cccc(C)c1. The number of hydrogen-bond acceptors (Lipinski definition) is 3. The van der Waals surface area contributed by atoms with Crippen LogP contribution in [-0.4, -0.2) is 34.6 Å². The predicted octanol–water partition coefficient (Wildman–Crippen LogP) is 6.79. The van der Waals surface area contributed by atoms with Crippen LogP contribution in [0.4, 0.5) is 0 Å². The minimum atomic E-state index is -0.568. The number of carbonyl (C=O) groups excluding carboxylic acids is 2. The molecule has 1 fully saturated rings. The summed E-state index contributed by atoms with van der Waals surface area (Å²) in [5, 5.41) is 4.20. The maximum Gasteiger partial charge on any atom is 0.243 e. The molecule has 1 N–H and O–H groups in total. The minimum Gasteiger partial charge on any atom is -0.352 e. The van der Waals surface area contributed by atoms with Crippen molar-refractivity contribution in [1.29, 1.82) is 0 Å². The van der Waals surface area contributed by atoms with Crippen LogP contribution < -0.4 is 5.32 Å². The van der Waals surface area contributed by atoms with E-state index < -0.39 is 6.04 Å². The lowest BCUT2D eigenvalue weighted by molar-refractivity contribution is -0.139. The summed E-state index contributed by atoms with van der Waals surface area (Å²) in [6.45, 7) is 4.21. The zero-order valence-electron chi connectivity index (χ0n) is 20.0. The Morgan fingerprint density at radius 3 is 2.41 bits per heavy atom. The van der Waals surface area contributed by atoms with Gasteiger partial charge in [0, 0.05) is 33.9 Å². The number of carbonyl (C=O) groups is 2. The summed E-state index contributed by atoms with van der Waals surface area (Å²) in [5.74, 6) is 0.844. The van der Waals surface area contributed by atoms with Crippen molar-refractivity contribution in [3.8, 4) is 0 Å². The first kappa shape index (κ1) is 26.9. The molecule has 1 saturated carbocycles. The first-order valence-electron chi connectivity index (χ1n) is 12.0. The van der Waals surface area contributed by atoms with Crippen molar-refractivity contribution in [2.75, 3.05) is 5.75 Å². The molecule has 2 aromatic rings. The van der Waals surface area contributed by atoms with Crippen molar-refractivity contribution in [3.05, 3.63) is 69.2 Å². The molecule has 2 amide bonds. The maximum atomic E-state index is 13.5. The second-order valence-electron chi connectivity index (χ2n) is 8.97. The molecule has 0 aromatic heterocycles. The lowest BCUT2D eigenvalue weighted by atomic mass is 9.95. The molecule has 1 aliphatic carbocycles. The van der Waals surface area contributed by atoms with Crippen molar-refractivity contribution >= 4 is 46.8 Å². The molecule has 7 heteroatoms. The van der Waals surface area contributed by atoms with E-state index >= 15 is 0 Å². The highest BCUT2D eigenvalue weighted by atomic mass is 35.5. The van der Waals surface area contributed by atoms with Gasteiger partial charge in [-0.2, -0.15) is 0 Å². The van der Waals surface area contributed by atoms with Gasteiger partial charge in [-0.05, 0) is 43.9 Å². The van der Waals surface area contributed by atoms with Crippen LogP contribution in [0.5, 0.6) is 0 Å². The van der Waals surface area contributed by atoms with Crippen LogP contribution in [0.25, 0.3) is 0 Å². The Kier molecular flexibility index (Phi) is 10.6. The molecule has 184 valence electrons. The van der Waals surface area contributed by atoms with E-state index in [9.17, 15) is 9.59 Å². The Hall–Kier alpha value is -1.69. The Bertz CT molecular complexity index is 959. The number of nitrogens with zero attached hydrogens (tertiary/aromatic N) is 1. The van der Waals surface area contributed by atoms with E-state index in [4.69, 9.17) is 23.2 Å². The molecule has 0 spiro atoms. The van der Waals surface area contributed by atoms with Crippen LogP contribution >= 0.6 is 35.0 Å². The average Bonchev–Trinajstić information content (AvgIpc) is 2.81. The Labute approximate surface area is 217 Å². The number of aryl methyl sites for hydroxylation is 1. The monoisotopic (exact) mass is 520 g/mol. The van der Waals surface area contributed by atoms with Gasteiger partial charge in [0.15, 0.2) is 0 Å². The van der Waals surface area contributed by atoms with Gasteiger partial charge in [-0.15, -0.1) is 11.8 Å². The standard InChI is InChI=1S/C27H34Cl2N2O2S/c1-3-25(27(33)30-21-11-5-4-6-12-21)31(16-22-23(28)13-8-14-24(22)29)26(32)18-34-17-20-10-7-9-19(2)15-20/h7-10,13-15,21,25H,3-6,11-12,16-18H2,1-2H3,(H,30,33). The maximum absolute atomic E-state index is 13.5. The second kappa shape index (κ2) is 13.4. The molecule has 1 unspecified atom stereocenters. The van der Waals surface area contributed by atoms with Gasteiger partial charge < -0.3 is 10.2 Å². The van der Waals surface area contributed by atoms with E-state index in [0.717, 1.165) is 31.4 Å². The molecule has 1 atom stereocenters. The van der Waals surface area contributed by atoms with Gasteiger partial charge >= 0.3 is 0 Å². The number of amides is 2. The van der Waals surface area contributed by atoms with Crippen LogP contribution in [0, 0.1) is 6.92 Å². The molecular formula is C27H34Cl2N2O2S. The van der Waals surface area contributed by atoms with Crippen molar-refractivity contribution in [2.45, 2.75) is 76.8 Å². The third-order valence-electron chi connectivity index (χ3n) is 6.30. The topological polar surface area (TPSA) is 49.4 Å². The first-order chi connectivity index (χ1) is 16.4. The highest BCUT2D eigenvalue weighted by Gasteiger charge is 2.31. The second-order valence-corrected chi connectivity index (χ2v) is 10.8. The van der Waals surface area contributed by atoms with Gasteiger partial charge in [0.05, 0.1) is 5.75 Å². The van der Waals surface area contributed by atoms with Crippen LogP contribution in [0.1, 0.15) is 62.1 Å². The van der Waals surface area contributed by atoms with E-state index in [2.05, 4.69) is 30.4 Å². The lowest BCUT2D eigenvalue weighted by Gasteiger charge is -2.33. The van der Waals surface area contributed by atoms with E-state index in [-0.39, 0.29) is 30.2 Å². The summed E-state index contributed by atoms with van der Waals surface area (Å²) in [6.07, 6.45) is 6.01. The molecule has 0 bridgehead atoms. The Morgan fingerprint density at radius 2 is 1.76 bits per heavy atom. The van der Waals surface area contributed by atoms with Crippen molar-refractivity contribution in [1.82, 2.24) is 10.2 Å². The minimum absolute atomic E-state index is 0.0840. The molecule has 0 radical (unpaired) electrons. The Balaban J connectivity index is 1.75. The van der Waals surface area contributed by atoms with E-state index in [0.29, 0.717) is 22.0 Å². The van der Waals surface area contributed by atoms with Crippen LogP contribution in [-0.2, 0) is 21.9 Å². The summed E-state index contributed by atoms with van der Waals surface area (Å²) in [7, 11) is 0. The molecule has 34 heavy (non-hydrogen) atoms. The number of halogens is 2. The highest BCUT2D eigenvalue weighted by molar-refractivity contribution is 7.99. The van der Waals surface area contributed by atoms with Gasteiger partial charge in [-0.1, -0.05) is 85.3 Å². The number of thioether (sulfide) groups is 1. The third kappa shape index (κ3) is 7.66. The fraction of sp³-hybridized carbons (Fsp3) is 0.481. The summed E-state index contributed by atoms with van der Waals surface area (Å²) in [6, 6.07) is 13.2. The van der Waals surface area contributed by atoms with Gasteiger partial charge in [-0.3, -0.25) is 9.59 Å². The molecule has 2 aromatic carbocycles. The summed E-state index contributed by atoms with van der Waals surface area (Å²) < 4.78 is 0. The number of nitrogens with one attached hydrogen (secondary N) is 1. The fourth-order valence-electron chi connectivity index (χ4n) is 4.46. The van der Waals surface area contributed by atoms with Crippen molar-refractivity contribution < 1.29 is 9.59 Å². The lowest BCUT2D eigenvalue weighted by Crippen LogP contribution is -2.52. The molecular weight excluding hydrogens is 487 g/mol. The van der Waals surface area contributed by atoms with Crippen molar-refractivity contribution in [3.63, 3.8) is 0 Å². The van der Waals surface area contributed by atoms with Crippen LogP contribution in [0.3, 0.4) is 0 Å². The van der Waals surface area contributed by atoms with Gasteiger partial charge in [-0.25, -0.2) is 0 Å². The Morgan fingerprint density at radius 1 is 1.09 bits per heavy atom. The number of rotatable bonds is 10. The molecule has 1 aliphatic rings. The zero-order chi connectivity index (χ0) is 24.5. The molecule has 3 rings (SSSR count). The molecule has 0 aliphatic heterocycles. The zero-order valence-corrected chi connectivity index (χ0v) is 22.3. The van der Waals surface area contributed by atoms with Crippen molar-refractivity contribution in [2.24, 2.45) is 0 Å². The fourth-order valence-corrected chi connectivity index (χ4v) is 5.83. The van der Waals surface area contributed by atoms with Gasteiger partial charge in [0.2, 0.25) is 11.8 Å². The predicted molar refractivity (Wildman–Crippen MR) is 143 cm³/mol.